The molecule has 0 unspecified atom stereocenters. The first kappa shape index (κ1) is 17.3. The molecule has 2 aromatic carbocycles. The van der Waals surface area contributed by atoms with Crippen LogP contribution < -0.4 is 14.8 Å². The Morgan fingerprint density at radius 3 is 2.61 bits per heavy atom. The molecule has 2 heterocycles. The Morgan fingerprint density at radius 2 is 1.86 bits per heavy atom. The number of carbonyl (C=O) groups is 1. The lowest BCUT2D eigenvalue weighted by Gasteiger charge is -2.17. The molecule has 1 aliphatic heterocycles. The van der Waals surface area contributed by atoms with Gasteiger partial charge in [-0.2, -0.15) is 0 Å². The molecule has 1 amide bonds. The number of rotatable bonds is 4. The van der Waals surface area contributed by atoms with Crippen LogP contribution in [0.1, 0.15) is 31.0 Å². The molecular formula is C23H23NO3S. The zero-order valence-corrected chi connectivity index (χ0v) is 16.7. The van der Waals surface area contributed by atoms with E-state index in [0.29, 0.717) is 0 Å². The fourth-order valence-corrected chi connectivity index (χ4v) is 4.82. The van der Waals surface area contributed by atoms with E-state index in [9.17, 15) is 4.79 Å². The Hall–Kier alpha value is -2.79. The summed E-state index contributed by atoms with van der Waals surface area (Å²) in [6, 6.07) is 14.1. The van der Waals surface area contributed by atoms with Crippen molar-refractivity contribution in [3.63, 3.8) is 0 Å². The molecule has 3 aromatic rings. The normalized spacial score (nSPS) is 16.1. The summed E-state index contributed by atoms with van der Waals surface area (Å²) in [5, 5.41) is 5.26. The predicted octanol–water partition coefficient (Wildman–Crippen LogP) is 5.68. The van der Waals surface area contributed by atoms with Gasteiger partial charge in [0.25, 0.3) is 0 Å². The van der Waals surface area contributed by atoms with Crippen molar-refractivity contribution in [1.29, 1.82) is 0 Å². The highest BCUT2D eigenvalue weighted by atomic mass is 32.1. The van der Waals surface area contributed by atoms with Crippen LogP contribution in [0.2, 0.25) is 0 Å². The van der Waals surface area contributed by atoms with Crippen LogP contribution in [-0.2, 0) is 10.2 Å². The summed E-state index contributed by atoms with van der Waals surface area (Å²) in [6.45, 7) is 4.47. The number of thiophene rings is 1. The van der Waals surface area contributed by atoms with Crippen LogP contribution in [0.25, 0.3) is 10.4 Å². The molecule has 144 valence electrons. The summed E-state index contributed by atoms with van der Waals surface area (Å²) in [7, 11) is 0. The summed E-state index contributed by atoms with van der Waals surface area (Å²) in [5.74, 6) is 1.51. The van der Waals surface area contributed by atoms with Gasteiger partial charge >= 0.3 is 0 Å². The van der Waals surface area contributed by atoms with Crippen LogP contribution in [-0.4, -0.2) is 12.7 Å². The van der Waals surface area contributed by atoms with Gasteiger partial charge in [-0.15, -0.1) is 11.3 Å². The van der Waals surface area contributed by atoms with Gasteiger partial charge < -0.3 is 14.8 Å². The third-order valence-corrected chi connectivity index (χ3v) is 6.76. The molecule has 4 nitrogen and oxygen atoms in total. The Bertz CT molecular complexity index is 1090. The van der Waals surface area contributed by atoms with E-state index in [1.807, 2.05) is 24.3 Å². The summed E-state index contributed by atoms with van der Waals surface area (Å²) in [5.41, 5.74) is 5.01. The molecule has 0 bridgehead atoms. The second kappa shape index (κ2) is 6.38. The first-order chi connectivity index (χ1) is 13.6. The quantitative estimate of drug-likeness (QED) is 0.621. The Morgan fingerprint density at radius 1 is 1.04 bits per heavy atom. The van der Waals surface area contributed by atoms with E-state index in [2.05, 4.69) is 42.7 Å². The van der Waals surface area contributed by atoms with Crippen LogP contribution in [0.3, 0.4) is 0 Å². The molecule has 1 fully saturated rings. The van der Waals surface area contributed by atoms with E-state index in [-0.39, 0.29) is 14.1 Å². The topological polar surface area (TPSA) is 47.6 Å². The van der Waals surface area contributed by atoms with Crippen molar-refractivity contribution in [2.75, 3.05) is 12.1 Å². The minimum Gasteiger partial charge on any atom is -0.454 e. The van der Waals surface area contributed by atoms with Crippen LogP contribution in [0, 0.1) is 13.8 Å². The van der Waals surface area contributed by atoms with E-state index in [4.69, 9.17) is 9.47 Å². The summed E-state index contributed by atoms with van der Waals surface area (Å²) >= 11 is 1.73. The van der Waals surface area contributed by atoms with Gasteiger partial charge in [0.15, 0.2) is 11.5 Å². The van der Waals surface area contributed by atoms with Gasteiger partial charge in [-0.25, -0.2) is 0 Å². The lowest BCUT2D eigenvalue weighted by Crippen LogP contribution is -2.27. The van der Waals surface area contributed by atoms with Crippen molar-refractivity contribution in [2.45, 2.75) is 32.1 Å². The number of anilines is 1. The van der Waals surface area contributed by atoms with Crippen LogP contribution in [0.15, 0.2) is 47.8 Å². The third-order valence-electron chi connectivity index (χ3n) is 5.71. The number of ether oxygens (including phenoxy) is 2. The fraction of sp³-hybridized carbons (Fsp3) is 0.261. The number of carbonyl (C=O) groups excluding carboxylic acids is 1. The largest absolute Gasteiger partial charge is 0.454 e. The average Bonchev–Trinajstić information content (AvgIpc) is 3.18. The third kappa shape index (κ3) is 2.78. The molecule has 1 saturated carbocycles. The molecule has 0 radical (unpaired) electrons. The highest BCUT2D eigenvalue weighted by molar-refractivity contribution is 7.13. The second-order valence-corrected chi connectivity index (χ2v) is 8.48. The van der Waals surface area contributed by atoms with Crippen molar-refractivity contribution in [2.24, 2.45) is 0 Å². The van der Waals surface area contributed by atoms with Gasteiger partial charge in [0.05, 0.1) is 5.41 Å². The molecule has 5 heteroatoms. The molecule has 0 spiro atoms. The monoisotopic (exact) mass is 393 g/mol. The van der Waals surface area contributed by atoms with Gasteiger partial charge in [0.2, 0.25) is 12.7 Å². The predicted molar refractivity (Wildman–Crippen MR) is 113 cm³/mol. The van der Waals surface area contributed by atoms with E-state index < -0.39 is 5.41 Å². The standard InChI is InChI=1S/C23H21NO3S.H2/c1-14-3-5-17(12-18(14)21-15(2)7-10-28-21)24-22(25)23(8-9-23)16-4-6-19-20(11-16)27-13-26-19;/h3-7,10-12H,8-9,13H2,1-2H3,(H,24,25);1H. The summed E-state index contributed by atoms with van der Waals surface area (Å²) < 4.78 is 10.9. The second-order valence-electron chi connectivity index (χ2n) is 7.57. The van der Waals surface area contributed by atoms with Gasteiger partial charge in [-0.3, -0.25) is 4.79 Å². The fourth-order valence-electron chi connectivity index (χ4n) is 3.81. The van der Waals surface area contributed by atoms with E-state index in [1.165, 1.54) is 21.6 Å². The molecule has 5 rings (SSSR count). The van der Waals surface area contributed by atoms with Crippen molar-refractivity contribution >= 4 is 22.9 Å². The number of fused-ring (bicyclic) bond motifs is 1. The first-order valence-electron chi connectivity index (χ1n) is 9.43. The molecule has 0 saturated heterocycles. The lowest BCUT2D eigenvalue weighted by molar-refractivity contribution is -0.118. The van der Waals surface area contributed by atoms with Gasteiger partial charge in [0, 0.05) is 12.0 Å². The smallest absolute Gasteiger partial charge is 0.235 e. The van der Waals surface area contributed by atoms with Crippen molar-refractivity contribution in [1.82, 2.24) is 0 Å². The average molecular weight is 394 g/mol. The minimum absolute atomic E-state index is 0. The number of aryl methyl sites for hydroxylation is 2. The zero-order chi connectivity index (χ0) is 19.3. The Kier molecular flexibility index (Phi) is 3.95. The molecular weight excluding hydrogens is 370 g/mol. The minimum atomic E-state index is -0.467. The Labute approximate surface area is 169 Å². The SMILES string of the molecule is Cc1ccc(NC(=O)C2(c3ccc4c(c3)OCO4)CC2)cc1-c1sccc1C.[HH]. The van der Waals surface area contributed by atoms with Crippen molar-refractivity contribution in [3.8, 4) is 21.9 Å². The highest BCUT2D eigenvalue weighted by Gasteiger charge is 2.51. The maximum absolute atomic E-state index is 13.2. The van der Waals surface area contributed by atoms with Crippen molar-refractivity contribution in [3.05, 3.63) is 64.5 Å². The number of hydrogen-bond donors (Lipinski definition) is 1. The number of amides is 1. The number of benzene rings is 2. The molecule has 2 aliphatic rings. The molecule has 1 N–H and O–H groups in total. The first-order valence-corrected chi connectivity index (χ1v) is 10.3. The molecule has 0 atom stereocenters. The maximum Gasteiger partial charge on any atom is 0.235 e. The number of nitrogens with one attached hydrogen (secondary N) is 1. The van der Waals surface area contributed by atoms with Gasteiger partial charge in [-0.05, 0) is 84.7 Å². The van der Waals surface area contributed by atoms with Gasteiger partial charge in [-0.1, -0.05) is 12.1 Å². The summed E-state index contributed by atoms with van der Waals surface area (Å²) in [4.78, 5) is 14.4. The van der Waals surface area contributed by atoms with Crippen LogP contribution in [0.5, 0.6) is 11.5 Å². The van der Waals surface area contributed by atoms with E-state index >= 15 is 0 Å². The highest BCUT2D eigenvalue weighted by Crippen LogP contribution is 2.51. The van der Waals surface area contributed by atoms with Gasteiger partial charge in [0.1, 0.15) is 0 Å². The van der Waals surface area contributed by atoms with Crippen molar-refractivity contribution < 1.29 is 15.7 Å². The van der Waals surface area contributed by atoms with Crippen LogP contribution in [0.4, 0.5) is 5.69 Å². The van der Waals surface area contributed by atoms with E-state index in [0.717, 1.165) is 35.6 Å². The molecule has 1 aromatic heterocycles. The molecule has 1 aliphatic carbocycles. The van der Waals surface area contributed by atoms with Crippen LogP contribution >= 0.6 is 11.3 Å². The molecule has 28 heavy (non-hydrogen) atoms. The maximum atomic E-state index is 13.2. The Balaban J connectivity index is 0.00000205. The van der Waals surface area contributed by atoms with E-state index in [1.54, 1.807) is 11.3 Å². The summed E-state index contributed by atoms with van der Waals surface area (Å²) in [6.07, 6.45) is 1.70. The zero-order valence-electron chi connectivity index (χ0n) is 15.9. The number of hydrogen-bond acceptors (Lipinski definition) is 4. The lowest BCUT2D eigenvalue weighted by atomic mass is 9.94.